The van der Waals surface area contributed by atoms with Crippen LogP contribution in [0.2, 0.25) is 0 Å². The van der Waals surface area contributed by atoms with Crippen molar-refractivity contribution < 1.29 is 9.53 Å². The van der Waals surface area contributed by atoms with Crippen molar-refractivity contribution in [3.8, 4) is 0 Å². The minimum atomic E-state index is 0.139. The number of piperidine rings is 1. The second kappa shape index (κ2) is 8.38. The first-order chi connectivity index (χ1) is 11.3. The van der Waals surface area contributed by atoms with Crippen molar-refractivity contribution in [3.05, 3.63) is 30.1 Å². The van der Waals surface area contributed by atoms with Crippen LogP contribution >= 0.6 is 0 Å². The number of carbonyl (C=O) groups is 1. The van der Waals surface area contributed by atoms with E-state index in [1.807, 2.05) is 12.3 Å². The Hall–Kier alpha value is -1.50. The summed E-state index contributed by atoms with van der Waals surface area (Å²) in [6.07, 6.45) is 5.91. The van der Waals surface area contributed by atoms with Crippen LogP contribution in [-0.2, 0) is 16.1 Å². The van der Waals surface area contributed by atoms with Crippen LogP contribution in [-0.4, -0.2) is 72.7 Å². The first-order valence-corrected chi connectivity index (χ1v) is 8.50. The molecule has 2 aliphatic rings. The number of carbonyl (C=O) groups excluding carboxylic acids is 1. The number of ether oxygens (including phenoxy) is 1. The fourth-order valence-electron chi connectivity index (χ4n) is 3.30. The molecule has 1 aromatic rings. The fourth-order valence-corrected chi connectivity index (χ4v) is 3.30. The molecule has 2 fully saturated rings. The Labute approximate surface area is 137 Å². The lowest BCUT2D eigenvalue weighted by molar-refractivity contribution is -0.124. The van der Waals surface area contributed by atoms with Crippen LogP contribution < -0.4 is 5.32 Å². The van der Waals surface area contributed by atoms with Gasteiger partial charge in [-0.2, -0.15) is 0 Å². The Morgan fingerprint density at radius 2 is 2.17 bits per heavy atom. The summed E-state index contributed by atoms with van der Waals surface area (Å²) in [5.41, 5.74) is 1.23. The van der Waals surface area contributed by atoms with Gasteiger partial charge in [0.25, 0.3) is 0 Å². The number of hydrogen-bond acceptors (Lipinski definition) is 5. The molecular weight excluding hydrogens is 292 g/mol. The standard InChI is InChI=1S/C17H26N4O2/c22-17(14-20-7-9-23-10-8-20)19-16-4-2-6-21(13-16)12-15-3-1-5-18-11-15/h1,3,5,11,16H,2,4,6-10,12-14H2,(H,19,22)/t16-/m0/s1. The topological polar surface area (TPSA) is 57.7 Å². The highest BCUT2D eigenvalue weighted by molar-refractivity contribution is 5.78. The molecule has 6 nitrogen and oxygen atoms in total. The molecule has 0 radical (unpaired) electrons. The van der Waals surface area contributed by atoms with Crippen molar-refractivity contribution >= 4 is 5.91 Å². The summed E-state index contributed by atoms with van der Waals surface area (Å²) in [5, 5.41) is 3.20. The first-order valence-electron chi connectivity index (χ1n) is 8.50. The largest absolute Gasteiger partial charge is 0.379 e. The molecule has 1 amide bonds. The van der Waals surface area contributed by atoms with Gasteiger partial charge in [-0.3, -0.25) is 19.6 Å². The Morgan fingerprint density at radius 1 is 1.30 bits per heavy atom. The molecule has 0 bridgehead atoms. The van der Waals surface area contributed by atoms with E-state index >= 15 is 0 Å². The van der Waals surface area contributed by atoms with Crippen LogP contribution in [0.15, 0.2) is 24.5 Å². The molecule has 0 saturated carbocycles. The van der Waals surface area contributed by atoms with Gasteiger partial charge in [-0.1, -0.05) is 6.07 Å². The second-order valence-corrected chi connectivity index (χ2v) is 6.39. The molecule has 2 saturated heterocycles. The van der Waals surface area contributed by atoms with E-state index in [0.717, 1.165) is 58.8 Å². The van der Waals surface area contributed by atoms with Crippen molar-refractivity contribution in [1.29, 1.82) is 0 Å². The molecule has 6 heteroatoms. The predicted molar refractivity (Wildman–Crippen MR) is 87.9 cm³/mol. The summed E-state index contributed by atoms with van der Waals surface area (Å²) in [5.74, 6) is 0.139. The van der Waals surface area contributed by atoms with Gasteiger partial charge >= 0.3 is 0 Å². The minimum absolute atomic E-state index is 0.139. The molecule has 23 heavy (non-hydrogen) atoms. The Morgan fingerprint density at radius 3 is 2.96 bits per heavy atom. The van der Waals surface area contributed by atoms with E-state index in [0.29, 0.717) is 6.54 Å². The van der Waals surface area contributed by atoms with E-state index < -0.39 is 0 Å². The lowest BCUT2D eigenvalue weighted by Gasteiger charge is -2.34. The molecule has 0 unspecified atom stereocenters. The molecule has 0 aromatic carbocycles. The smallest absolute Gasteiger partial charge is 0.234 e. The molecule has 0 spiro atoms. The van der Waals surface area contributed by atoms with Crippen LogP contribution in [0, 0.1) is 0 Å². The minimum Gasteiger partial charge on any atom is -0.379 e. The number of aromatic nitrogens is 1. The van der Waals surface area contributed by atoms with Gasteiger partial charge in [-0.15, -0.1) is 0 Å². The summed E-state index contributed by atoms with van der Waals surface area (Å²) in [4.78, 5) is 21.0. The molecule has 1 atom stereocenters. The van der Waals surface area contributed by atoms with E-state index in [1.54, 1.807) is 6.20 Å². The predicted octanol–water partition coefficient (Wildman–Crippen LogP) is 0.494. The van der Waals surface area contributed by atoms with Crippen molar-refractivity contribution in [1.82, 2.24) is 20.1 Å². The maximum Gasteiger partial charge on any atom is 0.234 e. The maximum atomic E-state index is 12.2. The van der Waals surface area contributed by atoms with E-state index in [1.165, 1.54) is 5.56 Å². The van der Waals surface area contributed by atoms with Gasteiger partial charge in [0, 0.05) is 44.6 Å². The number of morpholine rings is 1. The SMILES string of the molecule is O=C(CN1CCOCC1)N[C@H]1CCCN(Cc2cccnc2)C1. The third-order valence-corrected chi connectivity index (χ3v) is 4.47. The Balaban J connectivity index is 1.43. The van der Waals surface area contributed by atoms with Crippen molar-refractivity contribution in [2.75, 3.05) is 45.9 Å². The summed E-state index contributed by atoms with van der Waals surface area (Å²) >= 11 is 0. The Bertz CT molecular complexity index is 491. The van der Waals surface area contributed by atoms with Crippen LogP contribution in [0.4, 0.5) is 0 Å². The molecule has 1 N–H and O–H groups in total. The van der Waals surface area contributed by atoms with Gasteiger partial charge in [0.1, 0.15) is 0 Å². The number of pyridine rings is 1. The molecule has 2 aliphatic heterocycles. The average molecular weight is 318 g/mol. The fraction of sp³-hybridized carbons (Fsp3) is 0.647. The van der Waals surface area contributed by atoms with Crippen LogP contribution in [0.5, 0.6) is 0 Å². The number of amides is 1. The zero-order valence-corrected chi connectivity index (χ0v) is 13.6. The average Bonchev–Trinajstić information content (AvgIpc) is 2.57. The van der Waals surface area contributed by atoms with Crippen molar-refractivity contribution in [2.24, 2.45) is 0 Å². The molecule has 0 aliphatic carbocycles. The number of nitrogens with zero attached hydrogens (tertiary/aromatic N) is 3. The zero-order valence-electron chi connectivity index (χ0n) is 13.6. The van der Waals surface area contributed by atoms with Gasteiger partial charge in [-0.05, 0) is 31.0 Å². The number of likely N-dealkylation sites (tertiary alicyclic amines) is 1. The molecule has 1 aromatic heterocycles. The quantitative estimate of drug-likeness (QED) is 0.856. The maximum absolute atomic E-state index is 12.2. The van der Waals surface area contributed by atoms with Gasteiger partial charge in [-0.25, -0.2) is 0 Å². The lowest BCUT2D eigenvalue weighted by atomic mass is 10.0. The molecule has 126 valence electrons. The first kappa shape index (κ1) is 16.4. The lowest BCUT2D eigenvalue weighted by Crippen LogP contribution is -2.50. The highest BCUT2D eigenvalue weighted by Crippen LogP contribution is 2.13. The van der Waals surface area contributed by atoms with Crippen LogP contribution in [0.25, 0.3) is 0 Å². The number of hydrogen-bond donors (Lipinski definition) is 1. The summed E-state index contributed by atoms with van der Waals surface area (Å²) < 4.78 is 5.32. The third-order valence-electron chi connectivity index (χ3n) is 4.47. The molecule has 3 rings (SSSR count). The van der Waals surface area contributed by atoms with Gasteiger partial charge in [0.15, 0.2) is 0 Å². The molecule has 3 heterocycles. The van der Waals surface area contributed by atoms with E-state index in [-0.39, 0.29) is 11.9 Å². The number of rotatable bonds is 5. The van der Waals surface area contributed by atoms with Gasteiger partial charge in [0.05, 0.1) is 19.8 Å². The second-order valence-electron chi connectivity index (χ2n) is 6.39. The van der Waals surface area contributed by atoms with Crippen LogP contribution in [0.3, 0.4) is 0 Å². The zero-order chi connectivity index (χ0) is 15.9. The Kier molecular flexibility index (Phi) is 5.96. The van der Waals surface area contributed by atoms with Gasteiger partial charge < -0.3 is 10.1 Å². The van der Waals surface area contributed by atoms with E-state index in [2.05, 4.69) is 26.2 Å². The number of nitrogens with one attached hydrogen (secondary N) is 1. The molecular formula is C17H26N4O2. The highest BCUT2D eigenvalue weighted by atomic mass is 16.5. The monoisotopic (exact) mass is 318 g/mol. The summed E-state index contributed by atoms with van der Waals surface area (Å²) in [6.45, 7) is 6.57. The summed E-state index contributed by atoms with van der Waals surface area (Å²) in [7, 11) is 0. The highest BCUT2D eigenvalue weighted by Gasteiger charge is 2.22. The van der Waals surface area contributed by atoms with Crippen molar-refractivity contribution in [3.63, 3.8) is 0 Å². The third kappa shape index (κ3) is 5.27. The normalized spacial score (nSPS) is 23.6. The summed E-state index contributed by atoms with van der Waals surface area (Å²) in [6, 6.07) is 4.34. The van der Waals surface area contributed by atoms with Crippen LogP contribution in [0.1, 0.15) is 18.4 Å². The van der Waals surface area contributed by atoms with E-state index in [9.17, 15) is 4.79 Å². The van der Waals surface area contributed by atoms with Crippen molar-refractivity contribution in [2.45, 2.75) is 25.4 Å². The van der Waals surface area contributed by atoms with E-state index in [4.69, 9.17) is 4.74 Å². The van der Waals surface area contributed by atoms with Gasteiger partial charge in [0.2, 0.25) is 5.91 Å².